The number of nitrogens with zero attached hydrogens (tertiary/aromatic N) is 1. The Bertz CT molecular complexity index is 610. The van der Waals surface area contributed by atoms with Crippen LogP contribution in [0, 0.1) is 5.92 Å². The van der Waals surface area contributed by atoms with E-state index in [0.717, 1.165) is 32.1 Å². The van der Waals surface area contributed by atoms with Crippen LogP contribution in [0.1, 0.15) is 38.5 Å². The number of fused-ring (bicyclic) bond motifs is 1. The Morgan fingerprint density at radius 1 is 1.00 bits per heavy atom. The Morgan fingerprint density at radius 3 is 2.33 bits per heavy atom. The first-order chi connectivity index (χ1) is 10.0. The highest BCUT2D eigenvalue weighted by atomic mass is 35.5. The Kier molecular flexibility index (Phi) is 4.51. The van der Waals surface area contributed by atoms with Crippen LogP contribution in [-0.4, -0.2) is 25.3 Å². The zero-order valence-corrected chi connectivity index (χ0v) is 14.1. The van der Waals surface area contributed by atoms with Gasteiger partial charge in [-0.05, 0) is 43.7 Å². The molecule has 116 valence electrons. The molecule has 1 saturated heterocycles. The van der Waals surface area contributed by atoms with E-state index in [-0.39, 0.29) is 21.0 Å². The fraction of sp³-hybridized carbons (Fsp3) is 0.600. The lowest BCUT2D eigenvalue weighted by Gasteiger charge is -2.43. The summed E-state index contributed by atoms with van der Waals surface area (Å²) in [5, 5.41) is 0.417. The molecule has 1 aromatic rings. The molecule has 2 atom stereocenters. The number of rotatable bonds is 2. The number of hydrogen-bond acceptors (Lipinski definition) is 2. The monoisotopic (exact) mass is 347 g/mol. The number of hydrogen-bond donors (Lipinski definition) is 0. The van der Waals surface area contributed by atoms with Gasteiger partial charge in [0.05, 0.1) is 10.0 Å². The molecule has 1 saturated carbocycles. The molecule has 1 heterocycles. The zero-order valence-electron chi connectivity index (χ0n) is 11.8. The van der Waals surface area contributed by atoms with Crippen molar-refractivity contribution in [2.75, 3.05) is 6.54 Å². The summed E-state index contributed by atoms with van der Waals surface area (Å²) in [4.78, 5) is 0.0690. The highest BCUT2D eigenvalue weighted by Gasteiger charge is 2.41. The van der Waals surface area contributed by atoms with E-state index in [0.29, 0.717) is 12.5 Å². The van der Waals surface area contributed by atoms with Crippen molar-refractivity contribution in [3.63, 3.8) is 0 Å². The number of halogens is 2. The van der Waals surface area contributed by atoms with Gasteiger partial charge < -0.3 is 0 Å². The maximum Gasteiger partial charge on any atom is 0.246 e. The first kappa shape index (κ1) is 15.6. The SMILES string of the molecule is O=S(=O)(c1c(Cl)cccc1Cl)N1CCCC2CCCCC21. The van der Waals surface area contributed by atoms with Crippen molar-refractivity contribution in [2.24, 2.45) is 5.92 Å². The molecule has 1 aromatic carbocycles. The lowest BCUT2D eigenvalue weighted by Crippen LogP contribution is -2.49. The van der Waals surface area contributed by atoms with Gasteiger partial charge in [0.25, 0.3) is 0 Å². The van der Waals surface area contributed by atoms with Gasteiger partial charge in [0.15, 0.2) is 0 Å². The van der Waals surface area contributed by atoms with Gasteiger partial charge in [-0.1, -0.05) is 42.1 Å². The van der Waals surface area contributed by atoms with E-state index in [1.807, 2.05) is 0 Å². The third-order valence-corrected chi connectivity index (χ3v) is 7.56. The summed E-state index contributed by atoms with van der Waals surface area (Å²) in [7, 11) is -3.62. The molecular formula is C15H19Cl2NO2S. The summed E-state index contributed by atoms with van der Waals surface area (Å²) in [6, 6.07) is 4.96. The van der Waals surface area contributed by atoms with Crippen molar-refractivity contribution in [3.8, 4) is 0 Å². The smallest absolute Gasteiger partial charge is 0.207 e. The Labute approximate surface area is 136 Å². The number of piperidine rings is 1. The molecule has 21 heavy (non-hydrogen) atoms. The van der Waals surface area contributed by atoms with E-state index in [1.165, 1.54) is 6.42 Å². The molecule has 0 radical (unpaired) electrons. The average molecular weight is 348 g/mol. The average Bonchev–Trinajstić information content (AvgIpc) is 2.46. The fourth-order valence-corrected chi connectivity index (χ4v) is 6.57. The summed E-state index contributed by atoms with van der Waals surface area (Å²) in [6.45, 7) is 0.574. The molecule has 3 nitrogen and oxygen atoms in total. The van der Waals surface area contributed by atoms with Crippen LogP contribution in [0.25, 0.3) is 0 Å². The molecule has 1 aliphatic carbocycles. The molecule has 0 aromatic heterocycles. The Balaban J connectivity index is 2.01. The molecule has 0 N–H and O–H groups in total. The molecule has 0 bridgehead atoms. The van der Waals surface area contributed by atoms with Crippen molar-refractivity contribution < 1.29 is 8.42 Å². The maximum atomic E-state index is 13.0. The van der Waals surface area contributed by atoms with Gasteiger partial charge in [0.1, 0.15) is 4.90 Å². The van der Waals surface area contributed by atoms with Gasteiger partial charge in [-0.2, -0.15) is 4.31 Å². The van der Waals surface area contributed by atoms with E-state index >= 15 is 0 Å². The van der Waals surface area contributed by atoms with Gasteiger partial charge in [-0.25, -0.2) is 8.42 Å². The van der Waals surface area contributed by atoms with Crippen LogP contribution < -0.4 is 0 Å². The first-order valence-electron chi connectivity index (χ1n) is 7.47. The summed E-state index contributed by atoms with van der Waals surface area (Å²) in [5.74, 6) is 0.489. The predicted molar refractivity (Wildman–Crippen MR) is 85.3 cm³/mol. The molecule has 0 amide bonds. The minimum Gasteiger partial charge on any atom is -0.207 e. The van der Waals surface area contributed by atoms with Crippen LogP contribution in [0.3, 0.4) is 0 Å². The number of sulfonamides is 1. The lowest BCUT2D eigenvalue weighted by atomic mass is 9.79. The normalized spacial score (nSPS) is 27.3. The molecule has 3 rings (SSSR count). The summed E-state index contributed by atoms with van der Waals surface area (Å²) in [5.41, 5.74) is 0. The van der Waals surface area contributed by atoms with Crippen molar-refractivity contribution >= 4 is 33.2 Å². The van der Waals surface area contributed by atoms with Crippen LogP contribution in [-0.2, 0) is 10.0 Å². The van der Waals surface area contributed by atoms with Gasteiger partial charge in [0.2, 0.25) is 10.0 Å². The van der Waals surface area contributed by atoms with E-state index in [9.17, 15) is 8.42 Å². The van der Waals surface area contributed by atoms with Gasteiger partial charge >= 0.3 is 0 Å². The van der Waals surface area contributed by atoms with E-state index in [2.05, 4.69) is 0 Å². The van der Waals surface area contributed by atoms with Crippen LogP contribution in [0.2, 0.25) is 10.0 Å². The first-order valence-corrected chi connectivity index (χ1v) is 9.67. The third-order valence-electron chi connectivity index (χ3n) is 4.68. The second-order valence-electron chi connectivity index (χ2n) is 5.92. The fourth-order valence-electron chi connectivity index (χ4n) is 3.72. The minimum absolute atomic E-state index is 0.0690. The van der Waals surface area contributed by atoms with Gasteiger partial charge in [-0.3, -0.25) is 0 Å². The largest absolute Gasteiger partial charge is 0.246 e. The van der Waals surface area contributed by atoms with Crippen LogP contribution in [0.15, 0.2) is 23.1 Å². The highest BCUT2D eigenvalue weighted by molar-refractivity contribution is 7.89. The van der Waals surface area contributed by atoms with Crippen molar-refractivity contribution in [3.05, 3.63) is 28.2 Å². The second kappa shape index (κ2) is 6.07. The Hall–Kier alpha value is -0.290. The van der Waals surface area contributed by atoms with E-state index in [4.69, 9.17) is 23.2 Å². The summed E-state index contributed by atoms with van der Waals surface area (Å²) < 4.78 is 27.7. The van der Waals surface area contributed by atoms with Crippen LogP contribution in [0.5, 0.6) is 0 Å². The molecule has 2 fully saturated rings. The lowest BCUT2D eigenvalue weighted by molar-refractivity contribution is 0.129. The predicted octanol–water partition coefficient (Wildman–Crippen LogP) is 4.34. The molecule has 2 aliphatic rings. The highest BCUT2D eigenvalue weighted by Crippen LogP contribution is 2.40. The van der Waals surface area contributed by atoms with Crippen molar-refractivity contribution in [2.45, 2.75) is 49.5 Å². The van der Waals surface area contributed by atoms with Crippen molar-refractivity contribution in [1.82, 2.24) is 4.31 Å². The van der Waals surface area contributed by atoms with Crippen molar-refractivity contribution in [1.29, 1.82) is 0 Å². The van der Waals surface area contributed by atoms with Gasteiger partial charge in [0, 0.05) is 12.6 Å². The summed E-state index contributed by atoms with van der Waals surface area (Å²) in [6.07, 6.45) is 6.44. The molecule has 1 aliphatic heterocycles. The third kappa shape index (κ3) is 2.83. The molecule has 0 spiro atoms. The standard InChI is InChI=1S/C15H19Cl2NO2S/c16-12-7-3-8-13(17)15(12)21(19,20)18-10-4-6-11-5-1-2-9-14(11)18/h3,7-8,11,14H,1-2,4-6,9-10H2. The molecule has 2 unspecified atom stereocenters. The minimum atomic E-state index is -3.62. The van der Waals surface area contributed by atoms with Crippen LogP contribution in [0.4, 0.5) is 0 Å². The number of benzene rings is 1. The summed E-state index contributed by atoms with van der Waals surface area (Å²) >= 11 is 12.2. The quantitative estimate of drug-likeness (QED) is 0.797. The maximum absolute atomic E-state index is 13.0. The van der Waals surface area contributed by atoms with E-state index in [1.54, 1.807) is 22.5 Å². The molecular weight excluding hydrogens is 329 g/mol. The Morgan fingerprint density at radius 2 is 1.62 bits per heavy atom. The van der Waals surface area contributed by atoms with Crippen LogP contribution >= 0.6 is 23.2 Å². The second-order valence-corrected chi connectivity index (χ2v) is 8.56. The van der Waals surface area contributed by atoms with Gasteiger partial charge in [-0.15, -0.1) is 0 Å². The topological polar surface area (TPSA) is 37.4 Å². The molecule has 6 heteroatoms. The van der Waals surface area contributed by atoms with E-state index < -0.39 is 10.0 Å². The zero-order chi connectivity index (χ0) is 15.0.